The summed E-state index contributed by atoms with van der Waals surface area (Å²) < 4.78 is 19.1. The summed E-state index contributed by atoms with van der Waals surface area (Å²) in [5.41, 5.74) is 4.18. The van der Waals surface area contributed by atoms with Crippen molar-refractivity contribution in [1.29, 1.82) is 0 Å². The highest BCUT2D eigenvalue weighted by molar-refractivity contribution is 5.84. The molecule has 4 aromatic rings. The molecule has 1 nitrogen and oxygen atoms in total. The number of fused-ring (bicyclic) bond motifs is 1. The van der Waals surface area contributed by atoms with Crippen molar-refractivity contribution in [3.05, 3.63) is 102 Å². The van der Waals surface area contributed by atoms with Gasteiger partial charge in [-0.3, -0.25) is 0 Å². The minimum absolute atomic E-state index is 0.222. The van der Waals surface area contributed by atoms with Crippen LogP contribution in [0.3, 0.4) is 0 Å². The maximum absolute atomic E-state index is 13.3. The fourth-order valence-electron chi connectivity index (χ4n) is 3.47. The molecule has 0 radical (unpaired) electrons. The van der Waals surface area contributed by atoms with Crippen molar-refractivity contribution >= 4 is 10.8 Å². The van der Waals surface area contributed by atoms with E-state index >= 15 is 0 Å². The lowest BCUT2D eigenvalue weighted by molar-refractivity contribution is 0.306. The van der Waals surface area contributed by atoms with Crippen LogP contribution in [0.15, 0.2) is 84.9 Å². The molecule has 31 heavy (non-hydrogen) atoms. The van der Waals surface area contributed by atoms with Crippen molar-refractivity contribution in [3.8, 4) is 28.7 Å². The predicted molar refractivity (Wildman–Crippen MR) is 127 cm³/mol. The molecule has 0 atom stereocenters. The number of halogens is 1. The summed E-state index contributed by atoms with van der Waals surface area (Å²) >= 11 is 0. The Bertz CT molecular complexity index is 1210. The molecule has 0 bridgehead atoms. The number of rotatable bonds is 6. The van der Waals surface area contributed by atoms with Gasteiger partial charge in [-0.25, -0.2) is 4.39 Å². The molecule has 0 spiro atoms. The summed E-state index contributed by atoms with van der Waals surface area (Å²) in [6, 6.07) is 27.1. The first-order chi connectivity index (χ1) is 15.2. The van der Waals surface area contributed by atoms with Gasteiger partial charge in [0, 0.05) is 11.1 Å². The lowest BCUT2D eigenvalue weighted by Crippen LogP contribution is -1.96. The monoisotopic (exact) mass is 408 g/mol. The average molecular weight is 409 g/mol. The summed E-state index contributed by atoms with van der Waals surface area (Å²) in [5.74, 6) is 7.11. The van der Waals surface area contributed by atoms with Gasteiger partial charge in [-0.1, -0.05) is 68.0 Å². The molecule has 4 rings (SSSR count). The van der Waals surface area contributed by atoms with Gasteiger partial charge >= 0.3 is 0 Å². The SMILES string of the molecule is CCCCCOc1ccc(-c2ccc(C#Cc3ccc4cc(F)ccc4c3)cc2)cc1. The zero-order chi connectivity index (χ0) is 21.5. The molecular weight excluding hydrogens is 383 g/mol. The van der Waals surface area contributed by atoms with Crippen molar-refractivity contribution in [2.75, 3.05) is 6.61 Å². The van der Waals surface area contributed by atoms with E-state index in [1.54, 1.807) is 6.07 Å². The Morgan fingerprint density at radius 1 is 0.677 bits per heavy atom. The highest BCUT2D eigenvalue weighted by atomic mass is 19.1. The first-order valence-corrected chi connectivity index (χ1v) is 10.8. The van der Waals surface area contributed by atoms with Crippen LogP contribution in [0.4, 0.5) is 4.39 Å². The van der Waals surface area contributed by atoms with Crippen LogP contribution in [0.1, 0.15) is 37.3 Å². The maximum atomic E-state index is 13.3. The lowest BCUT2D eigenvalue weighted by atomic mass is 10.0. The van der Waals surface area contributed by atoms with E-state index in [2.05, 4.69) is 43.0 Å². The van der Waals surface area contributed by atoms with E-state index in [0.717, 1.165) is 51.8 Å². The molecule has 0 amide bonds. The van der Waals surface area contributed by atoms with Crippen molar-refractivity contribution < 1.29 is 9.13 Å². The lowest BCUT2D eigenvalue weighted by Gasteiger charge is -2.07. The minimum atomic E-state index is -0.222. The summed E-state index contributed by atoms with van der Waals surface area (Å²) in [7, 11) is 0. The van der Waals surface area contributed by atoms with Crippen LogP contribution >= 0.6 is 0 Å². The molecular formula is C29H25FO. The van der Waals surface area contributed by atoms with Crippen LogP contribution in [-0.2, 0) is 0 Å². The molecule has 0 aliphatic rings. The third-order valence-electron chi connectivity index (χ3n) is 5.24. The second-order valence-corrected chi connectivity index (χ2v) is 7.61. The van der Waals surface area contributed by atoms with Crippen LogP contribution < -0.4 is 4.74 Å². The molecule has 2 heteroatoms. The Balaban J connectivity index is 1.42. The van der Waals surface area contributed by atoms with E-state index in [-0.39, 0.29) is 5.82 Å². The molecule has 0 heterocycles. The summed E-state index contributed by atoms with van der Waals surface area (Å²) in [4.78, 5) is 0. The zero-order valence-electron chi connectivity index (χ0n) is 17.7. The van der Waals surface area contributed by atoms with E-state index < -0.39 is 0 Å². The van der Waals surface area contributed by atoms with Crippen molar-refractivity contribution in [1.82, 2.24) is 0 Å². The quantitative estimate of drug-likeness (QED) is 0.236. The number of hydrogen-bond acceptors (Lipinski definition) is 1. The first kappa shape index (κ1) is 20.7. The molecule has 0 aliphatic heterocycles. The number of hydrogen-bond donors (Lipinski definition) is 0. The van der Waals surface area contributed by atoms with Gasteiger partial charge in [0.2, 0.25) is 0 Å². The number of ether oxygens (including phenoxy) is 1. The molecule has 0 fully saturated rings. The van der Waals surface area contributed by atoms with Crippen LogP contribution in [0.5, 0.6) is 5.75 Å². The van der Waals surface area contributed by atoms with Crippen molar-refractivity contribution in [2.45, 2.75) is 26.2 Å². The second-order valence-electron chi connectivity index (χ2n) is 7.61. The maximum Gasteiger partial charge on any atom is 0.123 e. The van der Waals surface area contributed by atoms with Crippen LogP contribution in [0, 0.1) is 17.7 Å². The van der Waals surface area contributed by atoms with E-state index in [1.165, 1.54) is 25.0 Å². The predicted octanol–water partition coefficient (Wildman–Crippen LogP) is 7.61. The fourth-order valence-corrected chi connectivity index (χ4v) is 3.47. The highest BCUT2D eigenvalue weighted by Crippen LogP contribution is 2.23. The van der Waals surface area contributed by atoms with Gasteiger partial charge < -0.3 is 4.74 Å². The molecule has 0 saturated carbocycles. The van der Waals surface area contributed by atoms with Crippen LogP contribution in [0.25, 0.3) is 21.9 Å². The summed E-state index contributed by atoms with van der Waals surface area (Å²) in [5, 5.41) is 1.87. The van der Waals surface area contributed by atoms with Gasteiger partial charge in [-0.05, 0) is 76.9 Å². The van der Waals surface area contributed by atoms with E-state index in [4.69, 9.17) is 4.74 Å². The van der Waals surface area contributed by atoms with Crippen molar-refractivity contribution in [3.63, 3.8) is 0 Å². The normalized spacial score (nSPS) is 10.5. The highest BCUT2D eigenvalue weighted by Gasteiger charge is 2.00. The standard InChI is InChI=1S/C29H25FO/c1-2-3-4-19-31-29-17-14-25(15-18-29)24-10-7-22(8-11-24)5-6-23-9-12-27-21-28(30)16-13-26(27)20-23/h7-18,20-21H,2-4,19H2,1H3. The molecule has 0 unspecified atom stereocenters. The van der Waals surface area contributed by atoms with Crippen molar-refractivity contribution in [2.24, 2.45) is 0 Å². The number of benzene rings is 4. The average Bonchev–Trinajstić information content (AvgIpc) is 2.81. The Kier molecular flexibility index (Phi) is 6.65. The third kappa shape index (κ3) is 5.53. The van der Waals surface area contributed by atoms with E-state index in [0.29, 0.717) is 0 Å². The number of unbranched alkanes of at least 4 members (excludes halogenated alkanes) is 2. The van der Waals surface area contributed by atoms with Gasteiger partial charge in [0.1, 0.15) is 11.6 Å². The Morgan fingerprint density at radius 3 is 2.03 bits per heavy atom. The Hall–Kier alpha value is -3.57. The third-order valence-corrected chi connectivity index (χ3v) is 5.24. The molecule has 0 aliphatic carbocycles. The Labute approximate surface area is 183 Å². The van der Waals surface area contributed by atoms with Gasteiger partial charge in [-0.2, -0.15) is 0 Å². The second kappa shape index (κ2) is 9.96. The smallest absolute Gasteiger partial charge is 0.123 e. The van der Waals surface area contributed by atoms with Gasteiger partial charge in [0.15, 0.2) is 0 Å². The van der Waals surface area contributed by atoms with Gasteiger partial charge in [0.05, 0.1) is 6.61 Å². The largest absolute Gasteiger partial charge is 0.494 e. The minimum Gasteiger partial charge on any atom is -0.494 e. The van der Waals surface area contributed by atoms with Gasteiger partial charge in [0.25, 0.3) is 0 Å². The van der Waals surface area contributed by atoms with Crippen LogP contribution in [0.2, 0.25) is 0 Å². The molecule has 0 aromatic heterocycles. The zero-order valence-corrected chi connectivity index (χ0v) is 17.7. The van der Waals surface area contributed by atoms with E-state index in [1.807, 2.05) is 42.5 Å². The Morgan fingerprint density at radius 2 is 1.29 bits per heavy atom. The summed E-state index contributed by atoms with van der Waals surface area (Å²) in [6.45, 7) is 2.97. The topological polar surface area (TPSA) is 9.23 Å². The summed E-state index contributed by atoms with van der Waals surface area (Å²) in [6.07, 6.45) is 3.50. The van der Waals surface area contributed by atoms with E-state index in [9.17, 15) is 4.39 Å². The molecule has 0 N–H and O–H groups in total. The van der Waals surface area contributed by atoms with Gasteiger partial charge in [-0.15, -0.1) is 0 Å². The molecule has 0 saturated heterocycles. The molecule has 154 valence electrons. The fraction of sp³-hybridized carbons (Fsp3) is 0.172. The van der Waals surface area contributed by atoms with Crippen LogP contribution in [-0.4, -0.2) is 6.61 Å². The molecule has 4 aromatic carbocycles. The first-order valence-electron chi connectivity index (χ1n) is 10.8.